The van der Waals surface area contributed by atoms with Crippen LogP contribution in [0.2, 0.25) is 0 Å². The van der Waals surface area contributed by atoms with E-state index in [0.717, 1.165) is 51.3 Å². The van der Waals surface area contributed by atoms with Crippen molar-refractivity contribution < 1.29 is 9.53 Å². The van der Waals surface area contributed by atoms with Crippen LogP contribution >= 0.6 is 11.3 Å². The second-order valence-electron chi connectivity index (χ2n) is 6.56. The number of carbonyl (C=O) groups excluding carboxylic acids is 1. The molecule has 0 bridgehead atoms. The van der Waals surface area contributed by atoms with Crippen molar-refractivity contribution >= 4 is 17.2 Å². The molecule has 0 radical (unpaired) electrons. The lowest BCUT2D eigenvalue weighted by Crippen LogP contribution is -2.37. The molecule has 1 atom stereocenters. The number of aromatic nitrogens is 3. The molecule has 0 aromatic carbocycles. The fourth-order valence-electron chi connectivity index (χ4n) is 3.66. The van der Waals surface area contributed by atoms with Crippen LogP contribution in [0.3, 0.4) is 0 Å². The van der Waals surface area contributed by atoms with Crippen molar-refractivity contribution in [1.82, 2.24) is 25.0 Å². The van der Waals surface area contributed by atoms with Crippen LogP contribution in [-0.2, 0) is 30.9 Å². The quantitative estimate of drug-likeness (QED) is 0.872. The van der Waals surface area contributed by atoms with Crippen LogP contribution in [0, 0.1) is 0 Å². The van der Waals surface area contributed by atoms with E-state index in [0.29, 0.717) is 12.3 Å². The summed E-state index contributed by atoms with van der Waals surface area (Å²) in [5, 5.41) is 9.67. The fourth-order valence-corrected chi connectivity index (χ4v) is 4.19. The van der Waals surface area contributed by atoms with Crippen molar-refractivity contribution in [1.29, 1.82) is 0 Å². The van der Waals surface area contributed by atoms with Crippen LogP contribution in [0.25, 0.3) is 0 Å². The summed E-state index contributed by atoms with van der Waals surface area (Å²) in [4.78, 5) is 18.6. The normalized spacial score (nSPS) is 20.6. The number of rotatable bonds is 5. The Hall–Kier alpha value is -1.77. The first-order valence-electron chi connectivity index (χ1n) is 8.81. The maximum atomic E-state index is 12.1. The number of ether oxygens (including phenoxy) is 1. The lowest BCUT2D eigenvalue weighted by Gasteiger charge is -2.18. The average molecular weight is 361 g/mol. The highest BCUT2D eigenvalue weighted by Gasteiger charge is 2.28. The van der Waals surface area contributed by atoms with Crippen LogP contribution < -0.4 is 5.32 Å². The van der Waals surface area contributed by atoms with Crippen molar-refractivity contribution in [3.05, 3.63) is 33.5 Å². The van der Waals surface area contributed by atoms with Gasteiger partial charge in [0, 0.05) is 55.3 Å². The lowest BCUT2D eigenvalue weighted by atomic mass is 10.1. The van der Waals surface area contributed by atoms with Gasteiger partial charge in [-0.2, -0.15) is 5.10 Å². The Labute approximate surface area is 151 Å². The summed E-state index contributed by atoms with van der Waals surface area (Å²) in [6.45, 7) is 7.12. The Morgan fingerprint density at radius 2 is 2.44 bits per heavy atom. The lowest BCUT2D eigenvalue weighted by molar-refractivity contribution is 0.0933. The molecule has 25 heavy (non-hydrogen) atoms. The molecule has 134 valence electrons. The summed E-state index contributed by atoms with van der Waals surface area (Å²) in [5.41, 5.74) is 5.92. The van der Waals surface area contributed by atoms with E-state index in [-0.39, 0.29) is 11.9 Å². The molecule has 2 aromatic heterocycles. The Morgan fingerprint density at radius 1 is 1.52 bits per heavy atom. The maximum Gasteiger partial charge on any atom is 0.271 e. The number of likely N-dealkylation sites (tertiary alicyclic amines) is 1. The van der Waals surface area contributed by atoms with Crippen LogP contribution in [0.4, 0.5) is 0 Å². The Bertz CT molecular complexity index is 743. The van der Waals surface area contributed by atoms with E-state index < -0.39 is 0 Å². The summed E-state index contributed by atoms with van der Waals surface area (Å²) in [7, 11) is 0. The molecule has 1 fully saturated rings. The molecule has 1 amide bonds. The van der Waals surface area contributed by atoms with E-state index in [1.165, 1.54) is 22.6 Å². The molecule has 2 aliphatic heterocycles. The van der Waals surface area contributed by atoms with Gasteiger partial charge in [0.25, 0.3) is 5.91 Å². The zero-order chi connectivity index (χ0) is 17.2. The fraction of sp³-hybridized carbons (Fsp3) is 0.588. The first kappa shape index (κ1) is 16.7. The number of hydrogen-bond donors (Lipinski definition) is 1. The molecule has 0 spiro atoms. The van der Waals surface area contributed by atoms with Crippen molar-refractivity contribution in [2.45, 2.75) is 45.5 Å². The smallest absolute Gasteiger partial charge is 0.271 e. The predicted molar refractivity (Wildman–Crippen MR) is 94.5 cm³/mol. The summed E-state index contributed by atoms with van der Waals surface area (Å²) < 4.78 is 7.76. The third-order valence-electron chi connectivity index (χ3n) is 4.92. The van der Waals surface area contributed by atoms with Crippen LogP contribution in [0.15, 0.2) is 10.9 Å². The van der Waals surface area contributed by atoms with Gasteiger partial charge in [0.1, 0.15) is 5.69 Å². The van der Waals surface area contributed by atoms with Crippen LogP contribution in [-0.4, -0.2) is 51.3 Å². The number of carbonyl (C=O) groups is 1. The van der Waals surface area contributed by atoms with Crippen LogP contribution in [0.1, 0.15) is 40.8 Å². The minimum atomic E-state index is -0.0749. The topological polar surface area (TPSA) is 72.3 Å². The largest absolute Gasteiger partial charge is 0.376 e. The molecule has 1 saturated heterocycles. The highest BCUT2D eigenvalue weighted by Crippen LogP contribution is 2.23. The molecule has 0 aliphatic carbocycles. The zero-order valence-electron chi connectivity index (χ0n) is 14.4. The van der Waals surface area contributed by atoms with E-state index in [1.807, 2.05) is 0 Å². The first-order chi connectivity index (χ1) is 12.2. The number of fused-ring (bicyclic) bond motifs is 1. The highest BCUT2D eigenvalue weighted by atomic mass is 32.1. The molecule has 7 nitrogen and oxygen atoms in total. The van der Waals surface area contributed by atoms with Crippen LogP contribution in [0.5, 0.6) is 0 Å². The van der Waals surface area contributed by atoms with Gasteiger partial charge in [-0.3, -0.25) is 14.4 Å². The number of aryl methyl sites for hydroxylation is 1. The van der Waals surface area contributed by atoms with Crippen molar-refractivity contribution in [3.63, 3.8) is 0 Å². The minimum Gasteiger partial charge on any atom is -0.376 e. The molecule has 0 saturated carbocycles. The zero-order valence-corrected chi connectivity index (χ0v) is 15.2. The number of nitrogens with zero attached hydrogens (tertiary/aromatic N) is 4. The van der Waals surface area contributed by atoms with Gasteiger partial charge in [-0.25, -0.2) is 4.98 Å². The van der Waals surface area contributed by atoms with Crippen molar-refractivity contribution in [2.24, 2.45) is 0 Å². The van der Waals surface area contributed by atoms with Crippen molar-refractivity contribution in [2.75, 3.05) is 19.7 Å². The monoisotopic (exact) mass is 361 g/mol. The minimum absolute atomic E-state index is 0.0749. The number of nitrogens with one attached hydrogen (secondary N) is 1. The van der Waals surface area contributed by atoms with Gasteiger partial charge in [-0.1, -0.05) is 0 Å². The second kappa shape index (κ2) is 7.23. The highest BCUT2D eigenvalue weighted by molar-refractivity contribution is 7.07. The Balaban J connectivity index is 1.38. The molecule has 1 N–H and O–H groups in total. The Morgan fingerprint density at radius 3 is 3.24 bits per heavy atom. The first-order valence-corrected chi connectivity index (χ1v) is 9.75. The van der Waals surface area contributed by atoms with Gasteiger partial charge in [0.05, 0.1) is 24.4 Å². The number of hydrogen-bond acceptors (Lipinski definition) is 6. The Kier molecular flexibility index (Phi) is 4.82. The predicted octanol–water partition coefficient (Wildman–Crippen LogP) is 1.44. The third kappa shape index (κ3) is 3.47. The molecular formula is C17H23N5O2S. The molecule has 4 heterocycles. The molecule has 8 heteroatoms. The van der Waals surface area contributed by atoms with E-state index in [1.54, 1.807) is 10.9 Å². The molecular weight excluding hydrogens is 338 g/mol. The van der Waals surface area contributed by atoms with Gasteiger partial charge in [0.2, 0.25) is 0 Å². The molecule has 4 rings (SSSR count). The number of amides is 1. The standard InChI is InChI=1S/C17H23N5O2S/c1-2-22-16-4-6-24-9-13(16)14(20-22)8-21-5-3-12(7-21)19-17(23)15-10-25-11-18-15/h10-12H,2-9H2,1H3,(H,19,23). The summed E-state index contributed by atoms with van der Waals surface area (Å²) in [5.74, 6) is -0.0749. The van der Waals surface area contributed by atoms with E-state index in [9.17, 15) is 4.79 Å². The third-order valence-corrected chi connectivity index (χ3v) is 5.51. The number of thiazole rings is 1. The second-order valence-corrected chi connectivity index (χ2v) is 7.28. The van der Waals surface area contributed by atoms with E-state index >= 15 is 0 Å². The van der Waals surface area contributed by atoms with Gasteiger partial charge in [-0.15, -0.1) is 11.3 Å². The van der Waals surface area contributed by atoms with Crippen molar-refractivity contribution in [3.8, 4) is 0 Å². The molecule has 2 aromatic rings. The summed E-state index contributed by atoms with van der Waals surface area (Å²) in [6.07, 6.45) is 1.91. The van der Waals surface area contributed by atoms with E-state index in [4.69, 9.17) is 9.84 Å². The summed E-state index contributed by atoms with van der Waals surface area (Å²) >= 11 is 1.44. The van der Waals surface area contributed by atoms with E-state index in [2.05, 4.69) is 26.8 Å². The van der Waals surface area contributed by atoms with Gasteiger partial charge in [0.15, 0.2) is 0 Å². The maximum absolute atomic E-state index is 12.1. The molecule has 2 aliphatic rings. The van der Waals surface area contributed by atoms with Gasteiger partial charge in [-0.05, 0) is 13.3 Å². The molecule has 1 unspecified atom stereocenters. The van der Waals surface area contributed by atoms with Gasteiger partial charge >= 0.3 is 0 Å². The SMILES string of the molecule is CCn1nc(CN2CCC(NC(=O)c3cscn3)C2)c2c1CCOC2. The van der Waals surface area contributed by atoms with Gasteiger partial charge < -0.3 is 10.1 Å². The average Bonchev–Trinajstić information content (AvgIpc) is 3.36. The summed E-state index contributed by atoms with van der Waals surface area (Å²) in [6, 6.07) is 0.175.